The second-order valence-electron chi connectivity index (χ2n) is 2.65. The molecule has 0 spiro atoms. The highest BCUT2D eigenvalue weighted by atomic mass is 32.1. The Morgan fingerprint density at radius 2 is 2.64 bits per heavy atom. The monoisotopic (exact) mass is 167 g/mol. The highest BCUT2D eigenvalue weighted by molar-refractivity contribution is 7.10. The van der Waals surface area contributed by atoms with Gasteiger partial charge in [0.15, 0.2) is 0 Å². The average molecular weight is 167 g/mol. The maximum atomic E-state index is 4.36. The third-order valence-electron chi connectivity index (χ3n) is 1.86. The molecule has 2 nitrogen and oxygen atoms in total. The lowest BCUT2D eigenvalue weighted by Gasteiger charge is -2.21. The van der Waals surface area contributed by atoms with E-state index < -0.39 is 0 Å². The van der Waals surface area contributed by atoms with Gasteiger partial charge in [0, 0.05) is 24.5 Å². The van der Waals surface area contributed by atoms with E-state index in [-0.39, 0.29) is 0 Å². The molecule has 0 aromatic carbocycles. The van der Waals surface area contributed by atoms with E-state index >= 15 is 0 Å². The fraction of sp³-hybridized carbons (Fsp3) is 0.500. The predicted octanol–water partition coefficient (Wildman–Crippen LogP) is 0.997. The first kappa shape index (κ1) is 7.28. The number of nitrogens with one attached hydrogen (secondary N) is 1. The Labute approximate surface area is 70.6 Å². The molecule has 3 heteroatoms. The second-order valence-corrected chi connectivity index (χ2v) is 3.63. The van der Waals surface area contributed by atoms with Crippen molar-refractivity contribution >= 4 is 11.3 Å². The van der Waals surface area contributed by atoms with Crippen molar-refractivity contribution < 1.29 is 0 Å². The molecular weight excluding hydrogens is 156 g/mol. The topological polar surface area (TPSA) is 26.1 Å². The zero-order valence-corrected chi connectivity index (χ0v) is 7.10. The summed E-state index contributed by atoms with van der Waals surface area (Å²) in [5.41, 5.74) is 0. The molecule has 11 heavy (non-hydrogen) atoms. The van der Waals surface area contributed by atoms with Gasteiger partial charge in [0.05, 0.1) is 6.04 Å². The Morgan fingerprint density at radius 3 is 3.27 bits per heavy atom. The summed E-state index contributed by atoms with van der Waals surface area (Å²) in [6.45, 7) is 2.95. The van der Waals surface area contributed by atoms with Crippen molar-refractivity contribution in [3.63, 3.8) is 0 Å². The van der Waals surface area contributed by atoms with Crippen LogP contribution in [0.2, 0.25) is 0 Å². The fourth-order valence-corrected chi connectivity index (χ4v) is 2.08. The minimum Gasteiger partial charge on any atom is -0.307 e. The van der Waals surface area contributed by atoms with E-state index in [4.69, 9.17) is 0 Å². The maximum Gasteiger partial charge on any atom is 0.0558 e. The molecular formula is C8H11N2S. The standard InChI is InChI=1S/C8H11N2S/c1-2-8(11-5-1)7-6-9-3-4-10-7/h1-2,5,7,10H,3-4,6H2. The van der Waals surface area contributed by atoms with Crippen LogP contribution in [-0.4, -0.2) is 19.6 Å². The quantitative estimate of drug-likeness (QED) is 0.663. The number of hydrogen-bond acceptors (Lipinski definition) is 2. The van der Waals surface area contributed by atoms with Crippen LogP contribution in [0.4, 0.5) is 0 Å². The van der Waals surface area contributed by atoms with Crippen LogP contribution in [0.25, 0.3) is 0 Å². The van der Waals surface area contributed by atoms with Gasteiger partial charge in [-0.05, 0) is 11.4 Å². The van der Waals surface area contributed by atoms with Crippen molar-refractivity contribution in [1.29, 1.82) is 0 Å². The molecule has 1 aromatic rings. The van der Waals surface area contributed by atoms with E-state index in [0.717, 1.165) is 19.6 Å². The molecule has 1 saturated heterocycles. The number of nitrogens with zero attached hydrogens (tertiary/aromatic N) is 1. The molecule has 0 amide bonds. The van der Waals surface area contributed by atoms with E-state index in [0.29, 0.717) is 6.04 Å². The minimum atomic E-state index is 0.490. The molecule has 2 heterocycles. The van der Waals surface area contributed by atoms with Gasteiger partial charge < -0.3 is 5.32 Å². The van der Waals surface area contributed by atoms with Gasteiger partial charge in [0.2, 0.25) is 0 Å². The molecule has 2 rings (SSSR count). The number of rotatable bonds is 1. The summed E-state index contributed by atoms with van der Waals surface area (Å²) in [5.74, 6) is 0. The zero-order valence-electron chi connectivity index (χ0n) is 6.29. The molecule has 0 saturated carbocycles. The highest BCUT2D eigenvalue weighted by Gasteiger charge is 2.14. The van der Waals surface area contributed by atoms with E-state index in [2.05, 4.69) is 28.1 Å². The van der Waals surface area contributed by atoms with Crippen molar-refractivity contribution in [2.45, 2.75) is 6.04 Å². The molecule has 1 N–H and O–H groups in total. The number of hydrogen-bond donors (Lipinski definition) is 1. The predicted molar refractivity (Wildman–Crippen MR) is 46.9 cm³/mol. The van der Waals surface area contributed by atoms with Crippen LogP contribution in [0.5, 0.6) is 0 Å². The lowest BCUT2D eigenvalue weighted by molar-refractivity contribution is 0.428. The van der Waals surface area contributed by atoms with Crippen LogP contribution in [0.15, 0.2) is 17.5 Å². The first-order valence-electron chi connectivity index (χ1n) is 3.87. The molecule has 1 radical (unpaired) electrons. The molecule has 59 valence electrons. The van der Waals surface area contributed by atoms with Crippen LogP contribution < -0.4 is 10.6 Å². The molecule has 0 bridgehead atoms. The van der Waals surface area contributed by atoms with Gasteiger partial charge in [0.25, 0.3) is 0 Å². The van der Waals surface area contributed by atoms with Crippen molar-refractivity contribution in [3.8, 4) is 0 Å². The summed E-state index contributed by atoms with van der Waals surface area (Å²) < 4.78 is 0. The molecule has 1 fully saturated rings. The SMILES string of the molecule is c1csc(C2C[N]CCN2)c1. The largest absolute Gasteiger partial charge is 0.307 e. The van der Waals surface area contributed by atoms with Gasteiger partial charge in [-0.3, -0.25) is 0 Å². The van der Waals surface area contributed by atoms with Crippen LogP contribution in [-0.2, 0) is 0 Å². The molecule has 1 aromatic heterocycles. The summed E-state index contributed by atoms with van der Waals surface area (Å²) in [6.07, 6.45) is 0. The van der Waals surface area contributed by atoms with E-state index in [1.807, 2.05) is 0 Å². The lowest BCUT2D eigenvalue weighted by atomic mass is 10.2. The number of thiophene rings is 1. The smallest absolute Gasteiger partial charge is 0.0558 e. The highest BCUT2D eigenvalue weighted by Crippen LogP contribution is 2.19. The fourth-order valence-electron chi connectivity index (χ4n) is 1.28. The van der Waals surface area contributed by atoms with Crippen molar-refractivity contribution in [2.24, 2.45) is 0 Å². The van der Waals surface area contributed by atoms with Gasteiger partial charge in [0.1, 0.15) is 0 Å². The first-order chi connectivity index (χ1) is 5.47. The van der Waals surface area contributed by atoms with Gasteiger partial charge in [-0.1, -0.05) is 6.07 Å². The Kier molecular flexibility index (Phi) is 2.21. The van der Waals surface area contributed by atoms with Crippen LogP contribution >= 0.6 is 11.3 Å². The van der Waals surface area contributed by atoms with Crippen LogP contribution in [0.3, 0.4) is 0 Å². The summed E-state index contributed by atoms with van der Waals surface area (Å²) in [4.78, 5) is 1.41. The molecule has 0 aliphatic carbocycles. The summed E-state index contributed by atoms with van der Waals surface area (Å²) >= 11 is 1.81. The average Bonchev–Trinajstić information content (AvgIpc) is 2.58. The van der Waals surface area contributed by atoms with Gasteiger partial charge in [-0.15, -0.1) is 11.3 Å². The van der Waals surface area contributed by atoms with Gasteiger partial charge >= 0.3 is 0 Å². The molecule has 1 aliphatic rings. The Bertz CT molecular complexity index is 202. The van der Waals surface area contributed by atoms with Crippen LogP contribution in [0, 0.1) is 0 Å². The Hall–Kier alpha value is -0.380. The third-order valence-corrected chi connectivity index (χ3v) is 2.84. The van der Waals surface area contributed by atoms with Gasteiger partial charge in [-0.25, -0.2) is 5.32 Å². The van der Waals surface area contributed by atoms with Crippen LogP contribution in [0.1, 0.15) is 10.9 Å². The number of piperazine rings is 1. The zero-order chi connectivity index (χ0) is 7.52. The molecule has 1 aliphatic heterocycles. The Balaban J connectivity index is 2.04. The van der Waals surface area contributed by atoms with Crippen molar-refractivity contribution in [1.82, 2.24) is 10.6 Å². The summed E-state index contributed by atoms with van der Waals surface area (Å²) in [6, 6.07) is 4.75. The lowest BCUT2D eigenvalue weighted by Crippen LogP contribution is -2.38. The normalized spacial score (nSPS) is 25.3. The van der Waals surface area contributed by atoms with E-state index in [1.165, 1.54) is 4.88 Å². The summed E-state index contributed by atoms with van der Waals surface area (Å²) in [7, 11) is 0. The van der Waals surface area contributed by atoms with Crippen molar-refractivity contribution in [2.75, 3.05) is 19.6 Å². The minimum absolute atomic E-state index is 0.490. The molecule has 1 unspecified atom stereocenters. The van der Waals surface area contributed by atoms with E-state index in [9.17, 15) is 0 Å². The van der Waals surface area contributed by atoms with Crippen molar-refractivity contribution in [3.05, 3.63) is 22.4 Å². The van der Waals surface area contributed by atoms with Gasteiger partial charge in [-0.2, -0.15) is 0 Å². The summed E-state index contributed by atoms with van der Waals surface area (Å²) in [5, 5.41) is 9.91. The van der Waals surface area contributed by atoms with E-state index in [1.54, 1.807) is 11.3 Å². The third kappa shape index (κ3) is 1.61. The maximum absolute atomic E-state index is 4.36. The molecule has 1 atom stereocenters. The Morgan fingerprint density at radius 1 is 1.64 bits per heavy atom. The second kappa shape index (κ2) is 3.34. The first-order valence-corrected chi connectivity index (χ1v) is 4.75.